The topological polar surface area (TPSA) is 43.5 Å². The Bertz CT molecular complexity index is 50.5. The maximum atomic E-state index is 3.38. The first kappa shape index (κ1) is 7.92. The van der Waals surface area contributed by atoms with E-state index in [0.29, 0.717) is 0 Å². The van der Waals surface area contributed by atoms with Crippen molar-refractivity contribution < 1.29 is 5.48 Å². The van der Waals surface area contributed by atoms with Crippen LogP contribution < -0.4 is 5.32 Å². The van der Waals surface area contributed by atoms with E-state index in [1.807, 2.05) is 0 Å². The minimum absolute atomic E-state index is 0. The molecule has 1 atom stereocenters. The van der Waals surface area contributed by atoms with Gasteiger partial charge >= 0.3 is 0 Å². The molecule has 0 bridgehead atoms. The summed E-state index contributed by atoms with van der Waals surface area (Å²) in [5, 5.41) is 3.38. The van der Waals surface area contributed by atoms with Gasteiger partial charge in [0.2, 0.25) is 0 Å². The SMILES string of the molecule is CC1CCCCN1.O. The van der Waals surface area contributed by atoms with Gasteiger partial charge in [-0.25, -0.2) is 0 Å². The van der Waals surface area contributed by atoms with Gasteiger partial charge in [-0.1, -0.05) is 6.42 Å². The summed E-state index contributed by atoms with van der Waals surface area (Å²) in [5.74, 6) is 0. The first-order valence-electron chi connectivity index (χ1n) is 3.13. The molecular weight excluding hydrogens is 102 g/mol. The van der Waals surface area contributed by atoms with E-state index in [0.717, 1.165) is 6.04 Å². The van der Waals surface area contributed by atoms with E-state index < -0.39 is 0 Å². The van der Waals surface area contributed by atoms with Crippen LogP contribution in [-0.4, -0.2) is 18.1 Å². The first-order valence-corrected chi connectivity index (χ1v) is 3.13. The van der Waals surface area contributed by atoms with Crippen molar-refractivity contribution in [1.29, 1.82) is 0 Å². The molecule has 0 spiro atoms. The van der Waals surface area contributed by atoms with Gasteiger partial charge in [-0.05, 0) is 26.3 Å². The molecule has 0 amide bonds. The third-order valence-corrected chi connectivity index (χ3v) is 1.56. The molecule has 2 heteroatoms. The van der Waals surface area contributed by atoms with E-state index in [9.17, 15) is 0 Å². The van der Waals surface area contributed by atoms with Crippen LogP contribution in [0.1, 0.15) is 26.2 Å². The average Bonchev–Trinajstić information content (AvgIpc) is 1.69. The first-order chi connectivity index (χ1) is 3.39. The minimum atomic E-state index is 0. The highest BCUT2D eigenvalue weighted by molar-refractivity contribution is 4.65. The van der Waals surface area contributed by atoms with Crippen LogP contribution in [0.15, 0.2) is 0 Å². The van der Waals surface area contributed by atoms with Crippen molar-refractivity contribution in [2.24, 2.45) is 0 Å². The van der Waals surface area contributed by atoms with Gasteiger partial charge in [-0.15, -0.1) is 0 Å². The van der Waals surface area contributed by atoms with Gasteiger partial charge < -0.3 is 10.8 Å². The number of hydrogen-bond donors (Lipinski definition) is 1. The highest BCUT2D eigenvalue weighted by Crippen LogP contribution is 2.04. The van der Waals surface area contributed by atoms with Gasteiger partial charge in [0.15, 0.2) is 0 Å². The Kier molecular flexibility index (Phi) is 3.83. The fraction of sp³-hybridized carbons (Fsp3) is 1.00. The minimum Gasteiger partial charge on any atom is -0.412 e. The predicted molar refractivity (Wildman–Crippen MR) is 34.9 cm³/mol. The second-order valence-electron chi connectivity index (χ2n) is 2.35. The van der Waals surface area contributed by atoms with Crippen molar-refractivity contribution in [3.05, 3.63) is 0 Å². The molecule has 1 aliphatic rings. The predicted octanol–water partition coefficient (Wildman–Crippen LogP) is 0.324. The molecule has 0 aliphatic carbocycles. The summed E-state index contributed by atoms with van der Waals surface area (Å²) >= 11 is 0. The largest absolute Gasteiger partial charge is 0.412 e. The zero-order valence-electron chi connectivity index (χ0n) is 5.41. The molecule has 0 aromatic carbocycles. The Hall–Kier alpha value is -0.0800. The highest BCUT2D eigenvalue weighted by Gasteiger charge is 2.04. The Morgan fingerprint density at radius 3 is 2.38 bits per heavy atom. The van der Waals surface area contributed by atoms with E-state index in [-0.39, 0.29) is 5.48 Å². The lowest BCUT2D eigenvalue weighted by atomic mass is 10.1. The zero-order chi connectivity index (χ0) is 5.11. The number of piperidine rings is 1. The summed E-state index contributed by atoms with van der Waals surface area (Å²) in [4.78, 5) is 0. The maximum absolute atomic E-state index is 3.38. The van der Waals surface area contributed by atoms with Gasteiger partial charge in [-0.3, -0.25) is 0 Å². The zero-order valence-corrected chi connectivity index (χ0v) is 5.41. The number of rotatable bonds is 0. The molecule has 8 heavy (non-hydrogen) atoms. The van der Waals surface area contributed by atoms with E-state index >= 15 is 0 Å². The van der Waals surface area contributed by atoms with E-state index in [2.05, 4.69) is 12.2 Å². The van der Waals surface area contributed by atoms with Crippen LogP contribution in [0.5, 0.6) is 0 Å². The molecule has 3 N–H and O–H groups in total. The summed E-state index contributed by atoms with van der Waals surface area (Å²) in [6.07, 6.45) is 4.18. The number of hydrogen-bond acceptors (Lipinski definition) is 1. The van der Waals surface area contributed by atoms with Crippen molar-refractivity contribution in [2.75, 3.05) is 6.54 Å². The van der Waals surface area contributed by atoms with E-state index in [4.69, 9.17) is 0 Å². The Labute approximate surface area is 50.6 Å². The van der Waals surface area contributed by atoms with Crippen LogP contribution in [0.3, 0.4) is 0 Å². The van der Waals surface area contributed by atoms with Gasteiger partial charge in [0.25, 0.3) is 0 Å². The molecule has 1 aliphatic heterocycles. The van der Waals surface area contributed by atoms with Gasteiger partial charge in [0, 0.05) is 6.04 Å². The third-order valence-electron chi connectivity index (χ3n) is 1.56. The Morgan fingerprint density at radius 1 is 1.38 bits per heavy atom. The molecule has 1 rings (SSSR count). The van der Waals surface area contributed by atoms with Crippen LogP contribution in [0, 0.1) is 0 Å². The molecule has 2 nitrogen and oxygen atoms in total. The highest BCUT2D eigenvalue weighted by atomic mass is 16.0. The van der Waals surface area contributed by atoms with Crippen LogP contribution >= 0.6 is 0 Å². The molecule has 1 heterocycles. The van der Waals surface area contributed by atoms with Gasteiger partial charge in [0.05, 0.1) is 0 Å². The standard InChI is InChI=1S/C6H13N.H2O/c1-6-4-2-3-5-7-6;/h6-7H,2-5H2,1H3;1H2. The van der Waals surface area contributed by atoms with Crippen LogP contribution in [-0.2, 0) is 0 Å². The van der Waals surface area contributed by atoms with E-state index in [1.165, 1.54) is 25.8 Å². The van der Waals surface area contributed by atoms with Crippen molar-refractivity contribution >= 4 is 0 Å². The lowest BCUT2D eigenvalue weighted by molar-refractivity contribution is 0.425. The van der Waals surface area contributed by atoms with Crippen molar-refractivity contribution in [1.82, 2.24) is 5.32 Å². The summed E-state index contributed by atoms with van der Waals surface area (Å²) in [6.45, 7) is 3.49. The van der Waals surface area contributed by atoms with E-state index in [1.54, 1.807) is 0 Å². The molecule has 50 valence electrons. The molecule has 1 unspecified atom stereocenters. The Morgan fingerprint density at radius 2 is 2.12 bits per heavy atom. The monoisotopic (exact) mass is 117 g/mol. The molecule has 1 saturated heterocycles. The summed E-state index contributed by atoms with van der Waals surface area (Å²) in [6, 6.07) is 0.786. The van der Waals surface area contributed by atoms with Crippen molar-refractivity contribution in [3.63, 3.8) is 0 Å². The van der Waals surface area contributed by atoms with Gasteiger partial charge in [-0.2, -0.15) is 0 Å². The average molecular weight is 117 g/mol. The van der Waals surface area contributed by atoms with Gasteiger partial charge in [0.1, 0.15) is 0 Å². The Balaban J connectivity index is 0.000000490. The lowest BCUT2D eigenvalue weighted by Gasteiger charge is -2.18. The molecule has 0 radical (unpaired) electrons. The summed E-state index contributed by atoms with van der Waals surface area (Å²) < 4.78 is 0. The molecule has 0 saturated carbocycles. The fourth-order valence-corrected chi connectivity index (χ4v) is 1.03. The number of nitrogens with one attached hydrogen (secondary N) is 1. The van der Waals surface area contributed by atoms with Crippen LogP contribution in [0.2, 0.25) is 0 Å². The van der Waals surface area contributed by atoms with Crippen LogP contribution in [0.25, 0.3) is 0 Å². The molecule has 0 aromatic heterocycles. The van der Waals surface area contributed by atoms with Crippen LogP contribution in [0.4, 0.5) is 0 Å². The summed E-state index contributed by atoms with van der Waals surface area (Å²) in [7, 11) is 0. The second-order valence-corrected chi connectivity index (χ2v) is 2.35. The third kappa shape index (κ3) is 2.28. The second kappa shape index (κ2) is 3.87. The fourth-order valence-electron chi connectivity index (χ4n) is 1.03. The molecular formula is C6H15NO. The molecule has 1 fully saturated rings. The molecule has 0 aromatic rings. The maximum Gasteiger partial charge on any atom is 0.00387 e. The van der Waals surface area contributed by atoms with Crippen molar-refractivity contribution in [2.45, 2.75) is 32.2 Å². The van der Waals surface area contributed by atoms with Crippen molar-refractivity contribution in [3.8, 4) is 0 Å². The lowest BCUT2D eigenvalue weighted by Crippen LogP contribution is -2.30. The quantitative estimate of drug-likeness (QED) is 0.488. The smallest absolute Gasteiger partial charge is 0.00387 e. The normalized spacial score (nSPS) is 28.9. The summed E-state index contributed by atoms with van der Waals surface area (Å²) in [5.41, 5.74) is 0.